The van der Waals surface area contributed by atoms with E-state index in [0.717, 1.165) is 33.4 Å². The lowest BCUT2D eigenvalue weighted by molar-refractivity contribution is -0.134. The summed E-state index contributed by atoms with van der Waals surface area (Å²) in [5, 5.41) is 11.1. The van der Waals surface area contributed by atoms with E-state index >= 15 is 0 Å². The number of carbonyl (C=O) groups is 2. The molecule has 7 heteroatoms. The molecule has 2 heterocycles. The van der Waals surface area contributed by atoms with E-state index in [1.165, 1.54) is 0 Å². The number of aromatic nitrogens is 2. The topological polar surface area (TPSA) is 76.0 Å². The number of hydrogen-bond donors (Lipinski definition) is 2. The highest BCUT2D eigenvalue weighted by atomic mass is 35.5. The smallest absolute Gasteiger partial charge is 0.235 e. The molecular formula is C20H21ClN4O2. The number of rotatable bonds is 3. The van der Waals surface area contributed by atoms with Crippen molar-refractivity contribution in [3.05, 3.63) is 48.2 Å². The number of piperidine rings is 1. The molecule has 1 aliphatic rings. The Morgan fingerprint density at radius 2 is 1.81 bits per heavy atom. The SMILES string of the molecule is CNc1ccc(-c2ccc3c(C4CCC(=O)NC4=O)nn(C)c3c2)cc1.Cl. The van der Waals surface area contributed by atoms with Crippen LogP contribution in [0.4, 0.5) is 5.69 Å². The molecule has 1 unspecified atom stereocenters. The Morgan fingerprint density at radius 1 is 1.11 bits per heavy atom. The Bertz CT molecular complexity index is 1010. The van der Waals surface area contributed by atoms with Crippen LogP contribution in [0.2, 0.25) is 0 Å². The average Bonchev–Trinajstić information content (AvgIpc) is 2.98. The van der Waals surface area contributed by atoms with Crippen molar-refractivity contribution < 1.29 is 9.59 Å². The normalized spacial score (nSPS) is 16.7. The number of benzene rings is 2. The first-order chi connectivity index (χ1) is 12.6. The van der Waals surface area contributed by atoms with Crippen molar-refractivity contribution in [2.75, 3.05) is 12.4 Å². The van der Waals surface area contributed by atoms with Gasteiger partial charge in [-0.2, -0.15) is 5.10 Å². The molecule has 1 aromatic heterocycles. The molecule has 6 nitrogen and oxygen atoms in total. The minimum absolute atomic E-state index is 0. The second-order valence-corrected chi connectivity index (χ2v) is 6.57. The summed E-state index contributed by atoms with van der Waals surface area (Å²) in [5.41, 5.74) is 4.99. The molecule has 0 saturated carbocycles. The summed E-state index contributed by atoms with van der Waals surface area (Å²) >= 11 is 0. The Morgan fingerprint density at radius 3 is 2.48 bits per heavy atom. The van der Waals surface area contributed by atoms with Crippen molar-refractivity contribution in [3.63, 3.8) is 0 Å². The maximum atomic E-state index is 12.2. The predicted molar refractivity (Wildman–Crippen MR) is 108 cm³/mol. The molecular weight excluding hydrogens is 364 g/mol. The molecule has 2 N–H and O–H groups in total. The first kappa shape index (κ1) is 18.9. The Hall–Kier alpha value is -2.86. The molecule has 1 aliphatic heterocycles. The number of aryl methyl sites for hydroxylation is 1. The van der Waals surface area contributed by atoms with Gasteiger partial charge < -0.3 is 5.32 Å². The summed E-state index contributed by atoms with van der Waals surface area (Å²) in [7, 11) is 3.78. The van der Waals surface area contributed by atoms with Crippen LogP contribution in [0, 0.1) is 0 Å². The summed E-state index contributed by atoms with van der Waals surface area (Å²) in [6, 6.07) is 14.4. The Labute approximate surface area is 163 Å². The number of halogens is 1. The lowest BCUT2D eigenvalue weighted by Crippen LogP contribution is -2.39. The molecule has 0 spiro atoms. The average molecular weight is 385 g/mol. The van der Waals surface area contributed by atoms with E-state index in [0.29, 0.717) is 12.8 Å². The second kappa shape index (κ2) is 7.40. The van der Waals surface area contributed by atoms with Crippen LogP contribution in [0.25, 0.3) is 22.0 Å². The van der Waals surface area contributed by atoms with E-state index < -0.39 is 0 Å². The van der Waals surface area contributed by atoms with Gasteiger partial charge in [0.2, 0.25) is 11.8 Å². The number of imide groups is 1. The fourth-order valence-electron chi connectivity index (χ4n) is 3.51. The van der Waals surface area contributed by atoms with Crippen LogP contribution in [0.1, 0.15) is 24.5 Å². The van der Waals surface area contributed by atoms with Crippen molar-refractivity contribution in [3.8, 4) is 11.1 Å². The third-order valence-electron chi connectivity index (χ3n) is 4.96. The summed E-state index contributed by atoms with van der Waals surface area (Å²) in [6.45, 7) is 0. The van der Waals surface area contributed by atoms with E-state index in [1.54, 1.807) is 4.68 Å². The van der Waals surface area contributed by atoms with Crippen molar-refractivity contribution >= 4 is 40.8 Å². The lowest BCUT2D eigenvalue weighted by atomic mass is 9.92. The quantitative estimate of drug-likeness (QED) is 0.680. The van der Waals surface area contributed by atoms with Crippen LogP contribution in [0.15, 0.2) is 42.5 Å². The number of hydrogen-bond acceptors (Lipinski definition) is 4. The highest BCUT2D eigenvalue weighted by molar-refractivity contribution is 6.02. The summed E-state index contributed by atoms with van der Waals surface area (Å²) in [5.74, 6) is -0.844. The molecule has 3 aromatic rings. The second-order valence-electron chi connectivity index (χ2n) is 6.57. The number of nitrogens with one attached hydrogen (secondary N) is 2. The summed E-state index contributed by atoms with van der Waals surface area (Å²) < 4.78 is 1.81. The van der Waals surface area contributed by atoms with E-state index in [2.05, 4.69) is 33.9 Å². The van der Waals surface area contributed by atoms with Gasteiger partial charge in [-0.25, -0.2) is 0 Å². The predicted octanol–water partition coefficient (Wildman–Crippen LogP) is 3.22. The third kappa shape index (κ3) is 3.40. The molecule has 1 atom stereocenters. The lowest BCUT2D eigenvalue weighted by Gasteiger charge is -2.19. The van der Waals surface area contributed by atoms with Crippen LogP contribution in [-0.4, -0.2) is 28.6 Å². The fraction of sp³-hybridized carbons (Fsp3) is 0.250. The number of carbonyl (C=O) groups excluding carboxylic acids is 2. The Balaban J connectivity index is 0.00000210. The van der Waals surface area contributed by atoms with Gasteiger partial charge in [0.05, 0.1) is 17.1 Å². The molecule has 27 heavy (non-hydrogen) atoms. The van der Waals surface area contributed by atoms with Gasteiger partial charge in [0.15, 0.2) is 0 Å². The molecule has 2 aromatic carbocycles. The number of fused-ring (bicyclic) bond motifs is 1. The molecule has 0 bridgehead atoms. The summed E-state index contributed by atoms with van der Waals surface area (Å²) in [6.07, 6.45) is 0.856. The first-order valence-corrected chi connectivity index (χ1v) is 8.65. The zero-order valence-electron chi connectivity index (χ0n) is 15.2. The Kier molecular flexibility index (Phi) is 5.19. The van der Waals surface area contributed by atoms with Crippen LogP contribution >= 0.6 is 12.4 Å². The molecule has 1 saturated heterocycles. The first-order valence-electron chi connectivity index (χ1n) is 8.65. The van der Waals surface area contributed by atoms with E-state index in [1.807, 2.05) is 38.4 Å². The van der Waals surface area contributed by atoms with E-state index in [-0.39, 0.29) is 30.1 Å². The van der Waals surface area contributed by atoms with Gasteiger partial charge >= 0.3 is 0 Å². The standard InChI is InChI=1S/C20H20N4O2.ClH/c1-21-14-6-3-12(4-7-14)13-5-8-15-17(11-13)24(2)23-19(15)16-9-10-18(25)22-20(16)26;/h3-8,11,16,21H,9-10H2,1-2H3,(H,22,25,26);1H. The van der Waals surface area contributed by atoms with Crippen molar-refractivity contribution in [1.82, 2.24) is 15.1 Å². The molecule has 2 amide bonds. The minimum atomic E-state index is -0.378. The van der Waals surface area contributed by atoms with Gasteiger partial charge in [-0.3, -0.25) is 19.6 Å². The van der Waals surface area contributed by atoms with Gasteiger partial charge in [-0.05, 0) is 35.7 Å². The molecule has 0 radical (unpaired) electrons. The highest BCUT2D eigenvalue weighted by Crippen LogP contribution is 2.32. The van der Waals surface area contributed by atoms with Gasteiger partial charge in [-0.1, -0.05) is 24.3 Å². The van der Waals surface area contributed by atoms with Crippen LogP contribution in [0.3, 0.4) is 0 Å². The molecule has 1 fully saturated rings. The maximum Gasteiger partial charge on any atom is 0.235 e. The highest BCUT2D eigenvalue weighted by Gasteiger charge is 2.31. The van der Waals surface area contributed by atoms with Crippen molar-refractivity contribution in [1.29, 1.82) is 0 Å². The van der Waals surface area contributed by atoms with Crippen LogP contribution in [0.5, 0.6) is 0 Å². The van der Waals surface area contributed by atoms with Gasteiger partial charge in [0.25, 0.3) is 0 Å². The van der Waals surface area contributed by atoms with Crippen molar-refractivity contribution in [2.24, 2.45) is 7.05 Å². The number of nitrogens with zero attached hydrogens (tertiary/aromatic N) is 2. The number of amides is 2. The van der Waals surface area contributed by atoms with Gasteiger partial charge in [-0.15, -0.1) is 12.4 Å². The van der Waals surface area contributed by atoms with Gasteiger partial charge in [0, 0.05) is 31.6 Å². The maximum absolute atomic E-state index is 12.2. The molecule has 4 rings (SSSR count). The monoisotopic (exact) mass is 384 g/mol. The zero-order chi connectivity index (χ0) is 18.3. The molecule has 0 aliphatic carbocycles. The largest absolute Gasteiger partial charge is 0.388 e. The molecule has 140 valence electrons. The van der Waals surface area contributed by atoms with Crippen LogP contribution < -0.4 is 10.6 Å². The van der Waals surface area contributed by atoms with Gasteiger partial charge in [0.1, 0.15) is 0 Å². The summed E-state index contributed by atoms with van der Waals surface area (Å²) in [4.78, 5) is 23.6. The van der Waals surface area contributed by atoms with Crippen LogP contribution in [-0.2, 0) is 16.6 Å². The van der Waals surface area contributed by atoms with E-state index in [4.69, 9.17) is 0 Å². The van der Waals surface area contributed by atoms with E-state index in [9.17, 15) is 9.59 Å². The minimum Gasteiger partial charge on any atom is -0.388 e. The fourth-order valence-corrected chi connectivity index (χ4v) is 3.51. The third-order valence-corrected chi connectivity index (χ3v) is 4.96. The zero-order valence-corrected chi connectivity index (χ0v) is 16.0. The number of anilines is 1. The van der Waals surface area contributed by atoms with Crippen molar-refractivity contribution in [2.45, 2.75) is 18.8 Å².